The fraction of sp³-hybridized carbons (Fsp3) is 0.817. The van der Waals surface area contributed by atoms with Gasteiger partial charge in [0.15, 0.2) is 18.9 Å². The summed E-state index contributed by atoms with van der Waals surface area (Å²) in [4.78, 5) is 13.3. The lowest BCUT2D eigenvalue weighted by Crippen LogP contribution is -2.66. The first kappa shape index (κ1) is 70.8. The van der Waals surface area contributed by atoms with Crippen LogP contribution in [0, 0.1) is 0 Å². The highest BCUT2D eigenvalue weighted by molar-refractivity contribution is 5.76. The van der Waals surface area contributed by atoms with Crippen molar-refractivity contribution < 1.29 is 89.4 Å². The van der Waals surface area contributed by atoms with Gasteiger partial charge in [-0.25, -0.2) is 0 Å². The Morgan fingerprint density at radius 2 is 0.886 bits per heavy atom. The second-order valence-electron chi connectivity index (χ2n) is 21.4. The van der Waals surface area contributed by atoms with Crippen molar-refractivity contribution in [1.82, 2.24) is 5.32 Å². The minimum absolute atomic E-state index is 0.198. The molecular weight excluding hydrogens is 1020 g/mol. The minimum atomic E-state index is -1.98. The van der Waals surface area contributed by atoms with Gasteiger partial charge >= 0.3 is 0 Å². The monoisotopic (exact) mass is 1130 g/mol. The summed E-state index contributed by atoms with van der Waals surface area (Å²) in [5.74, 6) is -0.317. The summed E-state index contributed by atoms with van der Waals surface area (Å²) in [6.07, 6.45) is 22.2. The smallest absolute Gasteiger partial charge is 0.220 e. The van der Waals surface area contributed by atoms with E-state index in [0.717, 1.165) is 57.8 Å². The van der Waals surface area contributed by atoms with Crippen LogP contribution in [0.3, 0.4) is 0 Å². The van der Waals surface area contributed by atoms with E-state index in [4.69, 9.17) is 28.4 Å². The van der Waals surface area contributed by atoms with E-state index in [1.54, 1.807) is 6.08 Å². The van der Waals surface area contributed by atoms with Gasteiger partial charge in [0, 0.05) is 6.42 Å². The van der Waals surface area contributed by atoms with Crippen molar-refractivity contribution in [1.29, 1.82) is 0 Å². The van der Waals surface area contributed by atoms with Crippen molar-refractivity contribution in [3.05, 3.63) is 60.8 Å². The molecule has 0 radical (unpaired) electrons. The third-order valence-electron chi connectivity index (χ3n) is 14.8. The van der Waals surface area contributed by atoms with Crippen LogP contribution in [0.5, 0.6) is 0 Å². The first-order chi connectivity index (χ1) is 38.3. The lowest BCUT2D eigenvalue weighted by Gasteiger charge is -2.48. The number of ether oxygens (including phenoxy) is 6. The molecule has 458 valence electrons. The standard InChI is InChI=1S/C60H105NO18/c1-3-5-7-9-11-13-15-17-18-19-20-21-22-23-24-26-27-29-31-33-35-37-44(65)43(61-48(66)38-36-34-32-30-28-25-16-14-12-10-8-6-4-2)42-74-58-54(72)51(69)56(46(40-63)76-58)79-60-55(73)52(70)57(47(41-64)77-60)78-59-53(71)50(68)49(67)45(39-62)75-59/h6,8,12,14,25,27-29,35,37,43-47,49-60,62-65,67-73H,3-5,7,9-11,13,15-24,26,30-34,36,38-42H2,1-2H3,(H,61,66)/b8-6-,14-12-,28-25-,29-27+,37-35+. The van der Waals surface area contributed by atoms with Gasteiger partial charge in [-0.3, -0.25) is 4.79 Å². The molecule has 0 aromatic carbocycles. The predicted octanol–water partition coefficient (Wildman–Crippen LogP) is 5.26. The van der Waals surface area contributed by atoms with Gasteiger partial charge in [0.2, 0.25) is 5.91 Å². The quantitative estimate of drug-likeness (QED) is 0.0274. The maximum absolute atomic E-state index is 13.3. The van der Waals surface area contributed by atoms with Crippen molar-refractivity contribution in [3.8, 4) is 0 Å². The second-order valence-corrected chi connectivity index (χ2v) is 21.4. The molecule has 19 nitrogen and oxygen atoms in total. The number of carbonyl (C=O) groups excluding carboxylic acids is 1. The van der Waals surface area contributed by atoms with Crippen LogP contribution in [0.4, 0.5) is 0 Å². The van der Waals surface area contributed by atoms with Crippen LogP contribution in [0.1, 0.15) is 181 Å². The van der Waals surface area contributed by atoms with Gasteiger partial charge in [-0.05, 0) is 64.2 Å². The number of carbonyl (C=O) groups is 1. The van der Waals surface area contributed by atoms with E-state index >= 15 is 0 Å². The Kier molecular flexibility index (Phi) is 38.7. The number of amides is 1. The second kappa shape index (κ2) is 43.2. The maximum Gasteiger partial charge on any atom is 0.220 e. The fourth-order valence-corrected chi connectivity index (χ4v) is 9.87. The van der Waals surface area contributed by atoms with Crippen molar-refractivity contribution in [2.24, 2.45) is 0 Å². The average molecular weight is 1130 g/mol. The SMILES string of the molecule is CC/C=C\C/C=C\C/C=C\CCCCCC(=O)NC(COC1OC(CO)C(OC2OC(CO)C(OC3OC(CO)C(O)C(O)C3O)C(O)C2O)C(O)C1O)C(O)/C=C/CC/C=C/CCCCCCCCCCCCCCCCC. The van der Waals surface area contributed by atoms with Gasteiger partial charge in [0.25, 0.3) is 0 Å². The van der Waals surface area contributed by atoms with E-state index in [1.165, 1.54) is 89.9 Å². The molecule has 0 aromatic rings. The molecule has 3 aliphatic rings. The van der Waals surface area contributed by atoms with E-state index in [-0.39, 0.29) is 18.9 Å². The predicted molar refractivity (Wildman–Crippen MR) is 300 cm³/mol. The lowest BCUT2D eigenvalue weighted by atomic mass is 9.96. The third-order valence-corrected chi connectivity index (χ3v) is 14.8. The Bertz CT molecular complexity index is 1680. The van der Waals surface area contributed by atoms with Crippen LogP contribution in [-0.4, -0.2) is 193 Å². The number of aliphatic hydroxyl groups is 11. The Labute approximate surface area is 471 Å². The first-order valence-electron chi connectivity index (χ1n) is 30.0. The van der Waals surface area contributed by atoms with Crippen LogP contribution in [-0.2, 0) is 33.2 Å². The number of unbranched alkanes of at least 4 members (excludes halogenated alkanes) is 19. The van der Waals surface area contributed by atoms with Crippen LogP contribution >= 0.6 is 0 Å². The summed E-state index contributed by atoms with van der Waals surface area (Å²) in [6.45, 7) is 1.55. The van der Waals surface area contributed by atoms with Gasteiger partial charge in [0.1, 0.15) is 73.2 Å². The zero-order valence-corrected chi connectivity index (χ0v) is 47.6. The summed E-state index contributed by atoms with van der Waals surface area (Å²) in [6, 6.07) is -1.01. The zero-order valence-electron chi connectivity index (χ0n) is 47.6. The normalized spacial score (nSPS) is 30.7. The van der Waals surface area contributed by atoms with Gasteiger partial charge in [0.05, 0.1) is 38.6 Å². The Balaban J connectivity index is 1.52. The molecule has 3 aliphatic heterocycles. The molecule has 0 aliphatic carbocycles. The molecular formula is C60H105NO18. The molecule has 19 heteroatoms. The van der Waals surface area contributed by atoms with Crippen LogP contribution in [0.2, 0.25) is 0 Å². The molecule has 12 N–H and O–H groups in total. The minimum Gasteiger partial charge on any atom is -0.394 e. The lowest BCUT2D eigenvalue weighted by molar-refractivity contribution is -0.379. The van der Waals surface area contributed by atoms with E-state index in [1.807, 2.05) is 6.08 Å². The number of hydrogen-bond donors (Lipinski definition) is 12. The average Bonchev–Trinajstić information content (AvgIpc) is 3.55. The summed E-state index contributed by atoms with van der Waals surface area (Å²) in [5.41, 5.74) is 0. The van der Waals surface area contributed by atoms with E-state index in [2.05, 4.69) is 67.8 Å². The van der Waals surface area contributed by atoms with Gasteiger partial charge in [-0.2, -0.15) is 0 Å². The number of nitrogens with one attached hydrogen (secondary N) is 1. The molecule has 79 heavy (non-hydrogen) atoms. The Morgan fingerprint density at radius 3 is 1.42 bits per heavy atom. The molecule has 0 bridgehead atoms. The summed E-state index contributed by atoms with van der Waals surface area (Å²) >= 11 is 0. The number of aliphatic hydroxyl groups excluding tert-OH is 11. The van der Waals surface area contributed by atoms with Crippen molar-refractivity contribution in [2.75, 3.05) is 26.4 Å². The van der Waals surface area contributed by atoms with E-state index in [9.17, 15) is 61.0 Å². The highest BCUT2D eigenvalue weighted by Crippen LogP contribution is 2.33. The number of rotatable bonds is 43. The van der Waals surface area contributed by atoms with Crippen molar-refractivity contribution in [3.63, 3.8) is 0 Å². The van der Waals surface area contributed by atoms with Crippen LogP contribution in [0.15, 0.2) is 60.8 Å². The molecule has 1 amide bonds. The highest BCUT2D eigenvalue weighted by atomic mass is 16.8. The molecule has 0 aromatic heterocycles. The first-order valence-corrected chi connectivity index (χ1v) is 30.0. The van der Waals surface area contributed by atoms with E-state index < -0.39 is 124 Å². The van der Waals surface area contributed by atoms with Crippen molar-refractivity contribution >= 4 is 5.91 Å². The molecule has 3 saturated heterocycles. The number of hydrogen-bond acceptors (Lipinski definition) is 18. The Hall–Kier alpha value is -2.51. The summed E-state index contributed by atoms with van der Waals surface area (Å²) in [5, 5.41) is 120. The van der Waals surface area contributed by atoms with Gasteiger partial charge < -0.3 is 89.9 Å². The van der Waals surface area contributed by atoms with Crippen molar-refractivity contribution in [2.45, 2.75) is 285 Å². The Morgan fingerprint density at radius 1 is 0.468 bits per heavy atom. The largest absolute Gasteiger partial charge is 0.394 e. The number of allylic oxidation sites excluding steroid dienone is 9. The van der Waals surface area contributed by atoms with Gasteiger partial charge in [-0.15, -0.1) is 0 Å². The topological polar surface area (TPSA) is 307 Å². The molecule has 3 rings (SSSR count). The molecule has 17 atom stereocenters. The molecule has 3 fully saturated rings. The summed E-state index contributed by atoms with van der Waals surface area (Å²) in [7, 11) is 0. The molecule has 17 unspecified atom stereocenters. The molecule has 0 saturated carbocycles. The maximum atomic E-state index is 13.3. The van der Waals surface area contributed by atoms with E-state index in [0.29, 0.717) is 12.8 Å². The summed E-state index contributed by atoms with van der Waals surface area (Å²) < 4.78 is 34.2. The van der Waals surface area contributed by atoms with Crippen LogP contribution in [0.25, 0.3) is 0 Å². The van der Waals surface area contributed by atoms with Crippen LogP contribution < -0.4 is 5.32 Å². The third kappa shape index (κ3) is 27.2. The van der Waals surface area contributed by atoms with Gasteiger partial charge in [-0.1, -0.05) is 171 Å². The fourth-order valence-electron chi connectivity index (χ4n) is 9.87. The molecule has 0 spiro atoms. The molecule has 3 heterocycles. The highest BCUT2D eigenvalue weighted by Gasteiger charge is 2.53. The zero-order chi connectivity index (χ0) is 57.6.